The van der Waals surface area contributed by atoms with Crippen LogP contribution in [0.1, 0.15) is 24.7 Å². The number of halogens is 1. The van der Waals surface area contributed by atoms with Gasteiger partial charge in [-0.2, -0.15) is 4.98 Å². The zero-order valence-electron chi connectivity index (χ0n) is 9.90. The van der Waals surface area contributed by atoms with E-state index in [9.17, 15) is 0 Å². The van der Waals surface area contributed by atoms with Crippen LogP contribution in [0.15, 0.2) is 33.3 Å². The first-order valence-electron chi connectivity index (χ1n) is 6.13. The molecule has 0 unspecified atom stereocenters. The Labute approximate surface area is 114 Å². The Balaban J connectivity index is 1.82. The molecule has 1 saturated heterocycles. The topological polar surface area (TPSA) is 51.0 Å². The van der Waals surface area contributed by atoms with Crippen LogP contribution >= 0.6 is 15.9 Å². The molecule has 0 spiro atoms. The van der Waals surface area contributed by atoms with Gasteiger partial charge in [-0.3, -0.25) is 0 Å². The van der Waals surface area contributed by atoms with Crippen LogP contribution in [0, 0.1) is 0 Å². The first-order valence-corrected chi connectivity index (χ1v) is 6.92. The average Bonchev–Trinajstić information content (AvgIpc) is 2.90. The Bertz CT molecular complexity index is 517. The number of hydrogen-bond donors (Lipinski definition) is 1. The monoisotopic (exact) mass is 307 g/mol. The summed E-state index contributed by atoms with van der Waals surface area (Å²) in [4.78, 5) is 4.51. The second-order valence-electron chi connectivity index (χ2n) is 4.49. The third kappa shape index (κ3) is 2.47. The van der Waals surface area contributed by atoms with Crippen molar-refractivity contribution in [3.8, 4) is 11.4 Å². The summed E-state index contributed by atoms with van der Waals surface area (Å²) in [5.41, 5.74) is 0.988. The number of benzene rings is 1. The number of nitrogens with one attached hydrogen (secondary N) is 1. The van der Waals surface area contributed by atoms with E-state index in [2.05, 4.69) is 31.4 Å². The van der Waals surface area contributed by atoms with Gasteiger partial charge in [0, 0.05) is 16.0 Å². The number of piperidine rings is 1. The van der Waals surface area contributed by atoms with E-state index in [1.54, 1.807) is 0 Å². The fourth-order valence-corrected chi connectivity index (χ4v) is 2.45. The molecular weight excluding hydrogens is 294 g/mol. The zero-order chi connectivity index (χ0) is 12.4. The van der Waals surface area contributed by atoms with Gasteiger partial charge >= 0.3 is 0 Å². The van der Waals surface area contributed by atoms with Gasteiger partial charge in [0.2, 0.25) is 11.7 Å². The molecule has 0 bridgehead atoms. The van der Waals surface area contributed by atoms with Gasteiger partial charge in [0.05, 0.1) is 0 Å². The predicted molar refractivity (Wildman–Crippen MR) is 72.3 cm³/mol. The lowest BCUT2D eigenvalue weighted by atomic mass is 9.98. The van der Waals surface area contributed by atoms with Gasteiger partial charge in [0.15, 0.2) is 0 Å². The maximum absolute atomic E-state index is 5.39. The van der Waals surface area contributed by atoms with Crippen LogP contribution in [0.2, 0.25) is 0 Å². The summed E-state index contributed by atoms with van der Waals surface area (Å²) in [6, 6.07) is 7.94. The quantitative estimate of drug-likeness (QED) is 0.926. The normalized spacial score (nSPS) is 16.9. The van der Waals surface area contributed by atoms with Gasteiger partial charge in [-0.15, -0.1) is 0 Å². The smallest absolute Gasteiger partial charge is 0.230 e. The Hall–Kier alpha value is -1.20. The second kappa shape index (κ2) is 5.20. The SMILES string of the molecule is Brc1ccc(-c2noc(C3CCNCC3)n2)cc1. The van der Waals surface area contributed by atoms with Crippen molar-refractivity contribution in [3.63, 3.8) is 0 Å². The molecule has 1 aliphatic rings. The van der Waals surface area contributed by atoms with E-state index in [0.717, 1.165) is 41.9 Å². The number of rotatable bonds is 2. The zero-order valence-corrected chi connectivity index (χ0v) is 11.5. The van der Waals surface area contributed by atoms with Gasteiger partial charge < -0.3 is 9.84 Å². The molecule has 0 atom stereocenters. The second-order valence-corrected chi connectivity index (χ2v) is 5.40. The fraction of sp³-hybridized carbons (Fsp3) is 0.385. The summed E-state index contributed by atoms with van der Waals surface area (Å²) in [5.74, 6) is 1.85. The lowest BCUT2D eigenvalue weighted by Gasteiger charge is -2.18. The maximum atomic E-state index is 5.39. The van der Waals surface area contributed by atoms with Crippen LogP contribution < -0.4 is 5.32 Å². The Kier molecular flexibility index (Phi) is 3.43. The largest absolute Gasteiger partial charge is 0.339 e. The van der Waals surface area contributed by atoms with Crippen molar-refractivity contribution in [1.29, 1.82) is 0 Å². The van der Waals surface area contributed by atoms with Crippen molar-refractivity contribution >= 4 is 15.9 Å². The van der Waals surface area contributed by atoms with Crippen LogP contribution in [0.25, 0.3) is 11.4 Å². The fourth-order valence-electron chi connectivity index (χ4n) is 2.19. The van der Waals surface area contributed by atoms with E-state index < -0.39 is 0 Å². The first-order chi connectivity index (χ1) is 8.83. The molecule has 18 heavy (non-hydrogen) atoms. The maximum Gasteiger partial charge on any atom is 0.230 e. The van der Waals surface area contributed by atoms with Crippen LogP contribution in [-0.2, 0) is 0 Å². The highest BCUT2D eigenvalue weighted by Gasteiger charge is 2.21. The highest BCUT2D eigenvalue weighted by atomic mass is 79.9. The first kappa shape index (κ1) is 11.9. The summed E-state index contributed by atoms with van der Waals surface area (Å²) < 4.78 is 6.44. The van der Waals surface area contributed by atoms with E-state index >= 15 is 0 Å². The highest BCUT2D eigenvalue weighted by Crippen LogP contribution is 2.26. The van der Waals surface area contributed by atoms with Gasteiger partial charge in [-0.25, -0.2) is 0 Å². The molecule has 1 aromatic carbocycles. The Morgan fingerprint density at radius 1 is 1.17 bits per heavy atom. The molecule has 1 aliphatic heterocycles. The molecular formula is C13H14BrN3O. The molecule has 1 N–H and O–H groups in total. The molecule has 5 heteroatoms. The Morgan fingerprint density at radius 2 is 1.89 bits per heavy atom. The van der Waals surface area contributed by atoms with Crippen molar-refractivity contribution in [2.24, 2.45) is 0 Å². The summed E-state index contributed by atoms with van der Waals surface area (Å²) in [6.07, 6.45) is 2.14. The van der Waals surface area contributed by atoms with Crippen LogP contribution in [0.5, 0.6) is 0 Å². The van der Waals surface area contributed by atoms with E-state index in [-0.39, 0.29) is 0 Å². The summed E-state index contributed by atoms with van der Waals surface area (Å²) in [5, 5.41) is 7.40. The minimum atomic E-state index is 0.406. The number of aromatic nitrogens is 2. The minimum Gasteiger partial charge on any atom is -0.339 e. The van der Waals surface area contributed by atoms with Gasteiger partial charge in [0.25, 0.3) is 0 Å². The predicted octanol–water partition coefficient (Wildman–Crippen LogP) is 2.97. The summed E-state index contributed by atoms with van der Waals surface area (Å²) in [7, 11) is 0. The average molecular weight is 308 g/mol. The van der Waals surface area contributed by atoms with Gasteiger partial charge in [-0.05, 0) is 50.2 Å². The molecule has 0 radical (unpaired) electrons. The van der Waals surface area contributed by atoms with Crippen LogP contribution in [0.4, 0.5) is 0 Å². The van der Waals surface area contributed by atoms with Crippen LogP contribution in [-0.4, -0.2) is 23.2 Å². The molecule has 94 valence electrons. The van der Waals surface area contributed by atoms with E-state index in [1.807, 2.05) is 24.3 Å². The van der Waals surface area contributed by atoms with Crippen molar-refractivity contribution < 1.29 is 4.52 Å². The third-order valence-electron chi connectivity index (χ3n) is 3.23. The summed E-state index contributed by atoms with van der Waals surface area (Å²) >= 11 is 3.41. The lowest BCUT2D eigenvalue weighted by molar-refractivity contribution is 0.320. The van der Waals surface area contributed by atoms with Crippen molar-refractivity contribution in [2.45, 2.75) is 18.8 Å². The minimum absolute atomic E-state index is 0.406. The third-order valence-corrected chi connectivity index (χ3v) is 3.76. The van der Waals surface area contributed by atoms with Crippen molar-refractivity contribution in [1.82, 2.24) is 15.5 Å². The van der Waals surface area contributed by atoms with Gasteiger partial charge in [-0.1, -0.05) is 21.1 Å². The molecule has 3 rings (SSSR count). The molecule has 0 saturated carbocycles. The Morgan fingerprint density at radius 3 is 2.61 bits per heavy atom. The van der Waals surface area contributed by atoms with Crippen LogP contribution in [0.3, 0.4) is 0 Å². The van der Waals surface area contributed by atoms with E-state index in [0.29, 0.717) is 11.7 Å². The van der Waals surface area contributed by atoms with Crippen molar-refractivity contribution in [3.05, 3.63) is 34.6 Å². The molecule has 2 heterocycles. The molecule has 0 aliphatic carbocycles. The van der Waals surface area contributed by atoms with E-state index in [4.69, 9.17) is 4.52 Å². The number of hydrogen-bond acceptors (Lipinski definition) is 4. The molecule has 4 nitrogen and oxygen atoms in total. The molecule has 1 fully saturated rings. The lowest BCUT2D eigenvalue weighted by Crippen LogP contribution is -2.26. The summed E-state index contributed by atoms with van der Waals surface area (Å²) in [6.45, 7) is 2.06. The van der Waals surface area contributed by atoms with Crippen molar-refractivity contribution in [2.75, 3.05) is 13.1 Å². The number of nitrogens with zero attached hydrogens (tertiary/aromatic N) is 2. The standard InChI is InChI=1S/C13H14BrN3O/c14-11-3-1-9(2-4-11)12-16-13(18-17-12)10-5-7-15-8-6-10/h1-4,10,15H,5-8H2. The van der Waals surface area contributed by atoms with Gasteiger partial charge in [0.1, 0.15) is 0 Å². The highest BCUT2D eigenvalue weighted by molar-refractivity contribution is 9.10. The molecule has 2 aromatic rings. The molecule has 0 amide bonds. The van der Waals surface area contributed by atoms with E-state index in [1.165, 1.54) is 0 Å². The molecule has 1 aromatic heterocycles.